The van der Waals surface area contributed by atoms with Crippen LogP contribution in [-0.2, 0) is 0 Å². The molecule has 1 atom stereocenters. The largest absolute Gasteiger partial charge is 0.336 e. The van der Waals surface area contributed by atoms with Crippen LogP contribution < -0.4 is 5.32 Å². The fraction of sp³-hybridized carbons (Fsp3) is 0.417. The Morgan fingerprint density at radius 3 is 2.83 bits per heavy atom. The van der Waals surface area contributed by atoms with Gasteiger partial charge in [0.05, 0.1) is 10.6 Å². The average Bonchev–Trinajstić information content (AvgIpc) is 2.33. The molecule has 0 spiro atoms. The Morgan fingerprint density at radius 2 is 2.17 bits per heavy atom. The van der Waals surface area contributed by atoms with Crippen molar-refractivity contribution < 1.29 is 13.6 Å². The van der Waals surface area contributed by atoms with Gasteiger partial charge < -0.3 is 10.2 Å². The van der Waals surface area contributed by atoms with E-state index in [0.717, 1.165) is 12.1 Å². The molecule has 1 saturated heterocycles. The van der Waals surface area contributed by atoms with Gasteiger partial charge in [-0.3, -0.25) is 4.79 Å². The van der Waals surface area contributed by atoms with Crippen molar-refractivity contribution in [1.82, 2.24) is 10.2 Å². The number of benzene rings is 1. The van der Waals surface area contributed by atoms with Gasteiger partial charge in [0.2, 0.25) is 0 Å². The van der Waals surface area contributed by atoms with E-state index in [0.29, 0.717) is 19.6 Å². The first kappa shape index (κ1) is 13.2. The summed E-state index contributed by atoms with van der Waals surface area (Å²) in [5, 5.41) is 2.85. The molecule has 2 rings (SSSR count). The second kappa shape index (κ2) is 5.20. The molecule has 0 aromatic heterocycles. The molecule has 1 aromatic rings. The zero-order valence-electron chi connectivity index (χ0n) is 9.84. The molecule has 1 heterocycles. The number of carbonyl (C=O) groups is 1. The molecular formula is C12H13ClF2N2O. The van der Waals surface area contributed by atoms with Crippen LogP contribution in [0.3, 0.4) is 0 Å². The summed E-state index contributed by atoms with van der Waals surface area (Å²) in [7, 11) is 0. The minimum absolute atomic E-state index is 0.142. The summed E-state index contributed by atoms with van der Waals surface area (Å²) in [5.74, 6) is -2.08. The molecule has 1 aliphatic rings. The van der Waals surface area contributed by atoms with Crippen LogP contribution in [-0.4, -0.2) is 36.5 Å². The lowest BCUT2D eigenvalue weighted by Gasteiger charge is -2.32. The summed E-state index contributed by atoms with van der Waals surface area (Å²) in [6.45, 7) is 3.53. The number of piperazine rings is 1. The minimum atomic E-state index is -0.794. The molecule has 1 amide bonds. The molecule has 18 heavy (non-hydrogen) atoms. The van der Waals surface area contributed by atoms with Gasteiger partial charge in [0.15, 0.2) is 0 Å². The SMILES string of the molecule is C[C@H]1CN(C(=O)c2cc(F)c(Cl)cc2F)CCN1. The normalized spacial score (nSPS) is 20.0. The third kappa shape index (κ3) is 2.62. The Bertz CT molecular complexity index is 481. The fourth-order valence-corrected chi connectivity index (χ4v) is 2.12. The second-order valence-electron chi connectivity index (χ2n) is 4.35. The third-order valence-corrected chi connectivity index (χ3v) is 3.19. The van der Waals surface area contributed by atoms with Gasteiger partial charge in [-0.1, -0.05) is 11.6 Å². The van der Waals surface area contributed by atoms with Crippen molar-refractivity contribution in [2.24, 2.45) is 0 Å². The van der Waals surface area contributed by atoms with Gasteiger partial charge in [-0.25, -0.2) is 8.78 Å². The van der Waals surface area contributed by atoms with Gasteiger partial charge in [0.1, 0.15) is 11.6 Å². The van der Waals surface area contributed by atoms with Gasteiger partial charge in [-0.2, -0.15) is 0 Å². The molecule has 1 N–H and O–H groups in total. The van der Waals surface area contributed by atoms with E-state index in [4.69, 9.17) is 11.6 Å². The molecule has 0 saturated carbocycles. The van der Waals surface area contributed by atoms with Crippen LogP contribution in [0.15, 0.2) is 12.1 Å². The van der Waals surface area contributed by atoms with Gasteiger partial charge in [-0.05, 0) is 19.1 Å². The van der Waals surface area contributed by atoms with E-state index in [1.165, 1.54) is 4.90 Å². The molecule has 1 aromatic carbocycles. The van der Waals surface area contributed by atoms with Crippen molar-refractivity contribution in [2.45, 2.75) is 13.0 Å². The highest BCUT2D eigenvalue weighted by atomic mass is 35.5. The molecule has 98 valence electrons. The summed E-state index contributed by atoms with van der Waals surface area (Å²) in [6.07, 6.45) is 0. The van der Waals surface area contributed by atoms with Crippen molar-refractivity contribution >= 4 is 17.5 Å². The lowest BCUT2D eigenvalue weighted by atomic mass is 10.1. The summed E-state index contributed by atoms with van der Waals surface area (Å²) >= 11 is 5.45. The topological polar surface area (TPSA) is 32.3 Å². The molecule has 6 heteroatoms. The molecule has 3 nitrogen and oxygen atoms in total. The molecule has 1 aliphatic heterocycles. The first-order valence-corrected chi connectivity index (χ1v) is 6.04. The standard InChI is InChI=1S/C12H13ClF2N2O/c1-7-6-17(3-2-16-7)12(18)8-4-11(15)9(13)5-10(8)14/h4-5,7,16H,2-3,6H2,1H3/t7-/m0/s1. The van der Waals surface area contributed by atoms with Gasteiger partial charge in [0, 0.05) is 25.7 Å². The van der Waals surface area contributed by atoms with E-state index >= 15 is 0 Å². The molecule has 0 bridgehead atoms. The van der Waals surface area contributed by atoms with Crippen LogP contribution in [0, 0.1) is 11.6 Å². The van der Waals surface area contributed by atoms with Crippen LogP contribution in [0.25, 0.3) is 0 Å². The fourth-order valence-electron chi connectivity index (χ4n) is 1.97. The van der Waals surface area contributed by atoms with E-state index < -0.39 is 17.5 Å². The third-order valence-electron chi connectivity index (χ3n) is 2.90. The second-order valence-corrected chi connectivity index (χ2v) is 4.76. The highest BCUT2D eigenvalue weighted by Crippen LogP contribution is 2.20. The number of carbonyl (C=O) groups excluding carboxylic acids is 1. The van der Waals surface area contributed by atoms with Crippen LogP contribution in [0.4, 0.5) is 8.78 Å². The van der Waals surface area contributed by atoms with Gasteiger partial charge in [-0.15, -0.1) is 0 Å². The van der Waals surface area contributed by atoms with Gasteiger partial charge in [0.25, 0.3) is 5.91 Å². The minimum Gasteiger partial charge on any atom is -0.336 e. The van der Waals surface area contributed by atoms with Gasteiger partial charge >= 0.3 is 0 Å². The number of rotatable bonds is 1. The monoisotopic (exact) mass is 274 g/mol. The molecule has 1 fully saturated rings. The predicted molar refractivity (Wildman–Crippen MR) is 64.7 cm³/mol. The number of nitrogens with one attached hydrogen (secondary N) is 1. The summed E-state index contributed by atoms with van der Waals surface area (Å²) in [6, 6.07) is 1.82. The lowest BCUT2D eigenvalue weighted by Crippen LogP contribution is -2.51. The highest BCUT2D eigenvalue weighted by molar-refractivity contribution is 6.30. The first-order valence-electron chi connectivity index (χ1n) is 5.66. The van der Waals surface area contributed by atoms with Crippen LogP contribution >= 0.6 is 11.6 Å². The smallest absolute Gasteiger partial charge is 0.257 e. The van der Waals surface area contributed by atoms with Crippen LogP contribution in [0.5, 0.6) is 0 Å². The number of hydrogen-bond acceptors (Lipinski definition) is 2. The summed E-state index contributed by atoms with van der Waals surface area (Å²) < 4.78 is 26.9. The molecule has 0 radical (unpaired) electrons. The Hall–Kier alpha value is -1.20. The van der Waals surface area contributed by atoms with Crippen molar-refractivity contribution in [1.29, 1.82) is 0 Å². The van der Waals surface area contributed by atoms with Crippen LogP contribution in [0.2, 0.25) is 5.02 Å². The van der Waals surface area contributed by atoms with Crippen molar-refractivity contribution in [3.05, 3.63) is 34.4 Å². The van der Waals surface area contributed by atoms with Crippen molar-refractivity contribution in [3.8, 4) is 0 Å². The Kier molecular flexibility index (Phi) is 3.82. The molecular weight excluding hydrogens is 262 g/mol. The van der Waals surface area contributed by atoms with Crippen LogP contribution in [0.1, 0.15) is 17.3 Å². The molecule has 0 aliphatic carbocycles. The maximum Gasteiger partial charge on any atom is 0.257 e. The number of hydrogen-bond donors (Lipinski definition) is 1. The van der Waals surface area contributed by atoms with Crippen molar-refractivity contribution in [3.63, 3.8) is 0 Å². The van der Waals surface area contributed by atoms with E-state index in [1.807, 2.05) is 6.92 Å². The Labute approximate surface area is 109 Å². The Balaban J connectivity index is 2.25. The maximum absolute atomic E-state index is 13.6. The van der Waals surface area contributed by atoms with E-state index in [9.17, 15) is 13.6 Å². The van der Waals surface area contributed by atoms with E-state index in [-0.39, 0.29) is 16.6 Å². The zero-order chi connectivity index (χ0) is 13.3. The first-order chi connectivity index (χ1) is 8.49. The van der Waals surface area contributed by atoms with Crippen molar-refractivity contribution in [2.75, 3.05) is 19.6 Å². The highest BCUT2D eigenvalue weighted by Gasteiger charge is 2.24. The quantitative estimate of drug-likeness (QED) is 0.795. The summed E-state index contributed by atoms with van der Waals surface area (Å²) in [5.41, 5.74) is -0.272. The van der Waals surface area contributed by atoms with E-state index in [2.05, 4.69) is 5.32 Å². The average molecular weight is 275 g/mol. The number of nitrogens with zero attached hydrogens (tertiary/aromatic N) is 1. The number of amides is 1. The summed E-state index contributed by atoms with van der Waals surface area (Å²) in [4.78, 5) is 13.6. The van der Waals surface area contributed by atoms with E-state index in [1.54, 1.807) is 0 Å². The Morgan fingerprint density at radius 1 is 1.44 bits per heavy atom. The predicted octanol–water partition coefficient (Wildman–Crippen LogP) is 2.05. The number of halogens is 3. The zero-order valence-corrected chi connectivity index (χ0v) is 10.6. The molecule has 0 unspecified atom stereocenters. The lowest BCUT2D eigenvalue weighted by molar-refractivity contribution is 0.0704. The maximum atomic E-state index is 13.6.